The number of aromatic nitrogens is 3. The quantitative estimate of drug-likeness (QED) is 0.651. The minimum atomic E-state index is -0.529. The molecule has 0 saturated carbocycles. The van der Waals surface area contributed by atoms with Gasteiger partial charge in [0.15, 0.2) is 0 Å². The molecule has 0 aliphatic carbocycles. The first kappa shape index (κ1) is 16.9. The van der Waals surface area contributed by atoms with Gasteiger partial charge in [-0.25, -0.2) is 0 Å². The van der Waals surface area contributed by atoms with Crippen molar-refractivity contribution >= 4 is 23.8 Å². The van der Waals surface area contributed by atoms with Gasteiger partial charge >= 0.3 is 0 Å². The number of amides is 1. The summed E-state index contributed by atoms with van der Waals surface area (Å²) < 4.78 is 0. The van der Waals surface area contributed by atoms with Gasteiger partial charge in [-0.1, -0.05) is 6.92 Å². The molecule has 1 aromatic heterocycles. The van der Waals surface area contributed by atoms with Gasteiger partial charge in [0.25, 0.3) is 0 Å². The van der Waals surface area contributed by atoms with Gasteiger partial charge < -0.3 is 21.3 Å². The summed E-state index contributed by atoms with van der Waals surface area (Å²) >= 11 is 0. The molecule has 0 aliphatic rings. The third-order valence-corrected chi connectivity index (χ3v) is 2.62. The largest absolute Gasteiger partial charge is 0.370 e. The Hall–Kier alpha value is -2.12. The van der Waals surface area contributed by atoms with E-state index in [0.29, 0.717) is 17.8 Å². The molecular weight excluding hydrogens is 270 g/mol. The molecule has 8 heteroatoms. The maximum atomic E-state index is 11.1. The van der Waals surface area contributed by atoms with Gasteiger partial charge in [-0.3, -0.25) is 4.79 Å². The third-order valence-electron chi connectivity index (χ3n) is 2.62. The summed E-state index contributed by atoms with van der Waals surface area (Å²) in [5.41, 5.74) is 4.72. The highest BCUT2D eigenvalue weighted by atomic mass is 16.1. The van der Waals surface area contributed by atoms with Crippen molar-refractivity contribution in [3.63, 3.8) is 0 Å². The number of rotatable bonds is 8. The lowest BCUT2D eigenvalue weighted by Crippen LogP contribution is -2.37. The van der Waals surface area contributed by atoms with E-state index in [9.17, 15) is 4.79 Å². The molecule has 118 valence electrons. The van der Waals surface area contributed by atoms with Crippen LogP contribution >= 0.6 is 0 Å². The summed E-state index contributed by atoms with van der Waals surface area (Å²) in [6.45, 7) is 6.59. The van der Waals surface area contributed by atoms with E-state index >= 15 is 0 Å². The van der Waals surface area contributed by atoms with E-state index in [1.165, 1.54) is 0 Å². The van der Waals surface area contributed by atoms with Crippen molar-refractivity contribution in [1.82, 2.24) is 15.0 Å². The fraction of sp³-hybridized carbons (Fsp3) is 0.692. The van der Waals surface area contributed by atoms with Crippen LogP contribution in [0.1, 0.15) is 33.6 Å². The molecule has 0 saturated heterocycles. The molecule has 0 aliphatic heterocycles. The number of nitrogens with zero attached hydrogens (tertiary/aromatic N) is 4. The van der Waals surface area contributed by atoms with Crippen molar-refractivity contribution in [3.05, 3.63) is 0 Å². The Morgan fingerprint density at radius 2 is 1.86 bits per heavy atom. The second-order valence-electron chi connectivity index (χ2n) is 5.76. The predicted octanol–water partition coefficient (Wildman–Crippen LogP) is 0.825. The first-order valence-electron chi connectivity index (χ1n) is 6.97. The Morgan fingerprint density at radius 3 is 2.38 bits per heavy atom. The Balaban J connectivity index is 2.99. The van der Waals surface area contributed by atoms with Crippen LogP contribution in [-0.2, 0) is 4.79 Å². The lowest BCUT2D eigenvalue weighted by molar-refractivity contribution is -0.118. The number of hydrogen-bond donors (Lipinski definition) is 3. The molecular formula is C13H25N7O. The molecule has 0 atom stereocenters. The van der Waals surface area contributed by atoms with Gasteiger partial charge in [-0.2, -0.15) is 15.0 Å². The zero-order valence-electron chi connectivity index (χ0n) is 13.4. The molecule has 1 aromatic rings. The van der Waals surface area contributed by atoms with Gasteiger partial charge in [0, 0.05) is 32.6 Å². The van der Waals surface area contributed by atoms with E-state index in [1.54, 1.807) is 4.90 Å². The summed E-state index contributed by atoms with van der Waals surface area (Å²) in [7, 11) is 3.72. The van der Waals surface area contributed by atoms with Crippen molar-refractivity contribution in [2.75, 3.05) is 36.2 Å². The molecule has 0 aromatic carbocycles. The molecule has 1 amide bonds. The van der Waals surface area contributed by atoms with Gasteiger partial charge in [-0.05, 0) is 20.3 Å². The molecule has 0 bridgehead atoms. The molecule has 21 heavy (non-hydrogen) atoms. The minimum absolute atomic E-state index is 0.188. The molecule has 1 heterocycles. The van der Waals surface area contributed by atoms with E-state index < -0.39 is 5.54 Å². The predicted molar refractivity (Wildman–Crippen MR) is 84.4 cm³/mol. The van der Waals surface area contributed by atoms with Gasteiger partial charge in [-0.15, -0.1) is 0 Å². The summed E-state index contributed by atoms with van der Waals surface area (Å²) in [6.07, 6.45) is 1.16. The molecule has 4 N–H and O–H groups in total. The monoisotopic (exact) mass is 295 g/mol. The van der Waals surface area contributed by atoms with E-state index in [-0.39, 0.29) is 12.3 Å². The number of nitrogens with two attached hydrogens (primary N) is 1. The standard InChI is InChI=1S/C13H25N7O/c1-6-7-15-10-16-11(18-12(17-10)20(4)5)19-13(2,3)8-9(14)21/h6-8H2,1-5H3,(H2,14,21)(H2,15,16,17,18,19). The van der Waals surface area contributed by atoms with Crippen LogP contribution in [0.2, 0.25) is 0 Å². The summed E-state index contributed by atoms with van der Waals surface area (Å²) in [5, 5.41) is 6.27. The van der Waals surface area contributed by atoms with Crippen molar-refractivity contribution in [2.45, 2.75) is 39.2 Å². The Kier molecular flexibility index (Phi) is 5.69. The highest BCUT2D eigenvalue weighted by Crippen LogP contribution is 2.18. The lowest BCUT2D eigenvalue weighted by atomic mass is 10.0. The SMILES string of the molecule is CCCNc1nc(NC(C)(C)CC(N)=O)nc(N(C)C)n1. The number of nitrogens with one attached hydrogen (secondary N) is 2. The fourth-order valence-corrected chi connectivity index (χ4v) is 1.72. The number of primary amides is 1. The molecule has 8 nitrogen and oxygen atoms in total. The van der Waals surface area contributed by atoms with Crippen LogP contribution in [0, 0.1) is 0 Å². The van der Waals surface area contributed by atoms with Crippen LogP contribution in [0.3, 0.4) is 0 Å². The molecule has 0 spiro atoms. The third kappa shape index (κ3) is 5.80. The van der Waals surface area contributed by atoms with Crippen LogP contribution < -0.4 is 21.3 Å². The highest BCUT2D eigenvalue weighted by molar-refractivity contribution is 5.75. The van der Waals surface area contributed by atoms with Gasteiger partial charge in [0.1, 0.15) is 0 Å². The zero-order valence-corrected chi connectivity index (χ0v) is 13.4. The smallest absolute Gasteiger partial charge is 0.231 e. The second kappa shape index (κ2) is 7.05. The van der Waals surface area contributed by atoms with E-state index in [1.807, 2.05) is 27.9 Å². The highest BCUT2D eigenvalue weighted by Gasteiger charge is 2.22. The summed E-state index contributed by atoms with van der Waals surface area (Å²) in [4.78, 5) is 25.9. The number of carbonyl (C=O) groups is 1. The number of hydrogen-bond acceptors (Lipinski definition) is 7. The topological polar surface area (TPSA) is 109 Å². The molecule has 0 fully saturated rings. The maximum Gasteiger partial charge on any atom is 0.231 e. The number of carbonyl (C=O) groups excluding carboxylic acids is 1. The average Bonchev–Trinajstić information content (AvgIpc) is 2.33. The summed E-state index contributed by atoms with van der Waals surface area (Å²) in [5.74, 6) is 1.09. The molecule has 0 unspecified atom stereocenters. The maximum absolute atomic E-state index is 11.1. The van der Waals surface area contributed by atoms with E-state index in [4.69, 9.17) is 5.73 Å². The van der Waals surface area contributed by atoms with Crippen molar-refractivity contribution < 1.29 is 4.79 Å². The second-order valence-corrected chi connectivity index (χ2v) is 5.76. The van der Waals surface area contributed by atoms with Gasteiger partial charge in [0.05, 0.1) is 0 Å². The zero-order chi connectivity index (χ0) is 16.0. The Labute approximate surface area is 125 Å². The number of anilines is 3. The summed E-state index contributed by atoms with van der Waals surface area (Å²) in [6, 6.07) is 0. The van der Waals surface area contributed by atoms with Crippen LogP contribution in [0.4, 0.5) is 17.8 Å². The van der Waals surface area contributed by atoms with E-state index in [2.05, 4.69) is 32.5 Å². The molecule has 1 rings (SSSR count). The lowest BCUT2D eigenvalue weighted by Gasteiger charge is -2.25. The van der Waals surface area contributed by atoms with Gasteiger partial charge in [0.2, 0.25) is 23.8 Å². The normalized spacial score (nSPS) is 11.1. The van der Waals surface area contributed by atoms with Crippen LogP contribution in [0.25, 0.3) is 0 Å². The Morgan fingerprint density at radius 1 is 1.24 bits per heavy atom. The molecule has 0 radical (unpaired) electrons. The first-order chi connectivity index (χ1) is 9.73. The van der Waals surface area contributed by atoms with E-state index in [0.717, 1.165) is 13.0 Å². The van der Waals surface area contributed by atoms with Crippen LogP contribution in [0.15, 0.2) is 0 Å². The van der Waals surface area contributed by atoms with Crippen molar-refractivity contribution in [3.8, 4) is 0 Å². The minimum Gasteiger partial charge on any atom is -0.370 e. The first-order valence-corrected chi connectivity index (χ1v) is 6.97. The van der Waals surface area contributed by atoms with Crippen molar-refractivity contribution in [2.24, 2.45) is 5.73 Å². The fourth-order valence-electron chi connectivity index (χ4n) is 1.72. The van der Waals surface area contributed by atoms with Crippen LogP contribution in [-0.4, -0.2) is 47.0 Å². The van der Waals surface area contributed by atoms with Crippen molar-refractivity contribution in [1.29, 1.82) is 0 Å². The average molecular weight is 295 g/mol. The Bertz CT molecular complexity index is 487. The van der Waals surface area contributed by atoms with Crippen LogP contribution in [0.5, 0.6) is 0 Å².